The van der Waals surface area contributed by atoms with Crippen molar-refractivity contribution < 1.29 is 0 Å². The van der Waals surface area contributed by atoms with Gasteiger partial charge in [0.15, 0.2) is 5.11 Å². The van der Waals surface area contributed by atoms with E-state index in [1.54, 1.807) is 6.21 Å². The summed E-state index contributed by atoms with van der Waals surface area (Å²) < 4.78 is 0.774. The Morgan fingerprint density at radius 1 is 1.23 bits per heavy atom. The second-order valence-electron chi connectivity index (χ2n) is 7.16. The van der Waals surface area contributed by atoms with Gasteiger partial charge in [-0.25, -0.2) is 0 Å². The maximum Gasteiger partial charge on any atom is 0.187 e. The maximum absolute atomic E-state index is 5.90. The van der Waals surface area contributed by atoms with Gasteiger partial charge in [0.25, 0.3) is 0 Å². The van der Waals surface area contributed by atoms with Crippen LogP contribution in [0, 0.1) is 17.8 Å². The zero-order valence-corrected chi connectivity index (χ0v) is 14.7. The molecule has 4 fully saturated rings. The molecule has 0 aliphatic heterocycles. The fraction of sp³-hybridized carbons (Fsp3) is 0.625. The first-order valence-corrected chi connectivity index (χ1v) is 9.57. The Labute approximate surface area is 145 Å². The van der Waals surface area contributed by atoms with Crippen LogP contribution in [0.4, 0.5) is 0 Å². The predicted octanol–water partition coefficient (Wildman–Crippen LogP) is 4.17. The summed E-state index contributed by atoms with van der Waals surface area (Å²) in [4.78, 5) is 1.02. The van der Waals surface area contributed by atoms with E-state index < -0.39 is 0 Å². The quantitative estimate of drug-likeness (QED) is 0.486. The van der Waals surface area contributed by atoms with Gasteiger partial charge in [-0.05, 0) is 80.6 Å². The van der Waals surface area contributed by atoms with E-state index in [0.29, 0.717) is 5.11 Å². The Hall–Kier alpha value is -0.650. The molecule has 22 heavy (non-hydrogen) atoms. The van der Waals surface area contributed by atoms with Crippen LogP contribution >= 0.6 is 35.2 Å². The molecule has 1 aromatic rings. The van der Waals surface area contributed by atoms with Gasteiger partial charge in [0.1, 0.15) is 0 Å². The molecule has 118 valence electrons. The van der Waals surface area contributed by atoms with Crippen LogP contribution in [0.25, 0.3) is 0 Å². The van der Waals surface area contributed by atoms with E-state index in [0.717, 1.165) is 27.0 Å². The van der Waals surface area contributed by atoms with Crippen molar-refractivity contribution in [3.8, 4) is 0 Å². The topological polar surface area (TPSA) is 36.4 Å². The molecule has 2 N–H and O–H groups in total. The van der Waals surface area contributed by atoms with E-state index in [1.807, 2.05) is 12.1 Å². The van der Waals surface area contributed by atoms with Gasteiger partial charge in [-0.15, -0.1) is 11.3 Å². The zero-order valence-electron chi connectivity index (χ0n) is 12.3. The highest BCUT2D eigenvalue weighted by Crippen LogP contribution is 2.55. The monoisotopic (exact) mass is 353 g/mol. The Balaban J connectivity index is 1.35. The molecule has 3 nitrogen and oxygen atoms in total. The number of hydrazone groups is 1. The van der Waals surface area contributed by atoms with Gasteiger partial charge >= 0.3 is 0 Å². The van der Waals surface area contributed by atoms with E-state index in [4.69, 9.17) is 23.8 Å². The van der Waals surface area contributed by atoms with E-state index >= 15 is 0 Å². The predicted molar refractivity (Wildman–Crippen MR) is 96.7 cm³/mol. The molecule has 0 amide bonds. The Kier molecular flexibility index (Phi) is 3.91. The Bertz CT molecular complexity index is 575. The van der Waals surface area contributed by atoms with Crippen molar-refractivity contribution in [3.63, 3.8) is 0 Å². The molecule has 0 atom stereocenters. The number of nitrogens with one attached hydrogen (secondary N) is 2. The second kappa shape index (κ2) is 5.77. The number of thiocarbonyl (C=S) groups is 1. The molecule has 6 heteroatoms. The van der Waals surface area contributed by atoms with Crippen LogP contribution in [-0.2, 0) is 0 Å². The highest BCUT2D eigenvalue weighted by Gasteiger charge is 2.51. The first-order chi connectivity index (χ1) is 10.6. The van der Waals surface area contributed by atoms with Gasteiger partial charge in [0.2, 0.25) is 0 Å². The smallest absolute Gasteiger partial charge is 0.187 e. The molecular formula is C16H20ClN3S2. The van der Waals surface area contributed by atoms with Crippen molar-refractivity contribution in [2.24, 2.45) is 22.9 Å². The normalized spacial score (nSPS) is 36.0. The van der Waals surface area contributed by atoms with Crippen molar-refractivity contribution in [3.05, 3.63) is 21.3 Å². The summed E-state index contributed by atoms with van der Waals surface area (Å²) in [5.74, 6) is 2.75. The lowest BCUT2D eigenvalue weighted by atomic mass is 9.53. The number of thiophene rings is 1. The minimum atomic E-state index is 0.237. The van der Waals surface area contributed by atoms with Crippen molar-refractivity contribution in [2.45, 2.75) is 44.1 Å². The van der Waals surface area contributed by atoms with Crippen molar-refractivity contribution in [1.29, 1.82) is 0 Å². The molecule has 4 bridgehead atoms. The van der Waals surface area contributed by atoms with Gasteiger partial charge < -0.3 is 5.32 Å². The number of halogens is 1. The lowest BCUT2D eigenvalue weighted by Crippen LogP contribution is -2.61. The molecule has 0 spiro atoms. The third kappa shape index (κ3) is 3.03. The van der Waals surface area contributed by atoms with E-state index in [2.05, 4.69) is 15.8 Å². The SMILES string of the molecule is S=C(N/N=C\c1ccc(Cl)s1)NC12CC3CC(CC(C3)C1)C2. The minimum Gasteiger partial charge on any atom is -0.356 e. The summed E-state index contributed by atoms with van der Waals surface area (Å²) >= 11 is 12.9. The molecule has 4 aliphatic carbocycles. The van der Waals surface area contributed by atoms with Gasteiger partial charge in [0.05, 0.1) is 10.6 Å². The molecule has 0 saturated heterocycles. The Morgan fingerprint density at radius 3 is 2.41 bits per heavy atom. The fourth-order valence-electron chi connectivity index (χ4n) is 5.08. The molecule has 4 saturated carbocycles. The molecule has 5 rings (SSSR count). The fourth-order valence-corrected chi connectivity index (χ4v) is 6.29. The lowest BCUT2D eigenvalue weighted by Gasteiger charge is -2.57. The lowest BCUT2D eigenvalue weighted by molar-refractivity contribution is -0.0101. The average Bonchev–Trinajstić information content (AvgIpc) is 2.82. The summed E-state index contributed by atoms with van der Waals surface area (Å²) in [5, 5.41) is 8.48. The molecule has 0 unspecified atom stereocenters. The molecule has 0 aromatic carbocycles. The van der Waals surface area contributed by atoms with E-state index in [1.165, 1.54) is 49.9 Å². The molecule has 1 aromatic heterocycles. The molecular weight excluding hydrogens is 334 g/mol. The van der Waals surface area contributed by atoms with Gasteiger partial charge in [0, 0.05) is 10.4 Å². The number of hydrogen-bond donors (Lipinski definition) is 2. The maximum atomic E-state index is 5.90. The van der Waals surface area contributed by atoms with Crippen molar-refractivity contribution in [1.82, 2.24) is 10.7 Å². The van der Waals surface area contributed by atoms with E-state index in [9.17, 15) is 0 Å². The summed E-state index contributed by atoms with van der Waals surface area (Å²) in [6, 6.07) is 3.83. The summed E-state index contributed by atoms with van der Waals surface area (Å²) in [5.41, 5.74) is 3.21. The summed E-state index contributed by atoms with van der Waals surface area (Å²) in [6.45, 7) is 0. The van der Waals surface area contributed by atoms with E-state index in [-0.39, 0.29) is 5.54 Å². The highest BCUT2D eigenvalue weighted by atomic mass is 35.5. The first-order valence-electron chi connectivity index (χ1n) is 7.97. The largest absolute Gasteiger partial charge is 0.356 e. The zero-order chi connectivity index (χ0) is 15.2. The van der Waals surface area contributed by atoms with Crippen molar-refractivity contribution >= 4 is 46.5 Å². The third-order valence-corrected chi connectivity index (χ3v) is 6.73. The third-order valence-electron chi connectivity index (χ3n) is 5.37. The van der Waals surface area contributed by atoms with Gasteiger partial charge in [-0.2, -0.15) is 5.10 Å². The average molecular weight is 354 g/mol. The minimum absolute atomic E-state index is 0.237. The van der Waals surface area contributed by atoms with Crippen LogP contribution in [-0.4, -0.2) is 16.9 Å². The van der Waals surface area contributed by atoms with Crippen LogP contribution in [0.5, 0.6) is 0 Å². The number of rotatable bonds is 3. The first kappa shape index (κ1) is 14.9. The van der Waals surface area contributed by atoms with Crippen LogP contribution in [0.1, 0.15) is 43.4 Å². The van der Waals surface area contributed by atoms with Crippen LogP contribution in [0.3, 0.4) is 0 Å². The Morgan fingerprint density at radius 2 is 1.86 bits per heavy atom. The summed E-state index contributed by atoms with van der Waals surface area (Å²) in [6.07, 6.45) is 9.95. The van der Waals surface area contributed by atoms with Gasteiger partial charge in [-0.1, -0.05) is 11.6 Å². The second-order valence-corrected chi connectivity index (χ2v) is 9.32. The molecule has 1 heterocycles. The summed E-state index contributed by atoms with van der Waals surface area (Å²) in [7, 11) is 0. The number of hydrogen-bond acceptors (Lipinski definition) is 3. The van der Waals surface area contributed by atoms with Crippen molar-refractivity contribution in [2.75, 3.05) is 0 Å². The number of nitrogens with zero attached hydrogens (tertiary/aromatic N) is 1. The van der Waals surface area contributed by atoms with Crippen LogP contribution in [0.2, 0.25) is 4.34 Å². The molecule has 4 aliphatic rings. The van der Waals surface area contributed by atoms with Gasteiger partial charge in [-0.3, -0.25) is 5.43 Å². The van der Waals surface area contributed by atoms with Crippen LogP contribution < -0.4 is 10.7 Å². The highest BCUT2D eigenvalue weighted by molar-refractivity contribution is 7.80. The molecule has 0 radical (unpaired) electrons. The standard InChI is InChI=1S/C16H20ClN3S2/c17-14-2-1-13(22-14)9-18-20-15(21)19-16-6-10-3-11(7-16)5-12(4-10)8-16/h1-2,9-12H,3-8H2,(H2,19,20,21)/b18-9-. The van der Waals surface area contributed by atoms with Crippen LogP contribution in [0.15, 0.2) is 17.2 Å².